The molecule has 2 fully saturated rings. The Morgan fingerprint density at radius 1 is 1.25 bits per heavy atom. The molecule has 0 unspecified atom stereocenters. The van der Waals surface area contributed by atoms with E-state index in [2.05, 4.69) is 6.92 Å². The Bertz CT molecular complexity index is 163. The molecule has 2 heteroatoms. The standard InChI is InChI=1S/C10H19NO/c1-10(11)5-7-3-9(12-2)4-8(7)6-10/h7-9H,3-6,11H2,1-2H3/t7-,8+,9+,10-. The first-order valence-electron chi connectivity index (χ1n) is 4.92. The zero-order valence-corrected chi connectivity index (χ0v) is 8.05. The number of nitrogens with two attached hydrogens (primary N) is 1. The summed E-state index contributed by atoms with van der Waals surface area (Å²) in [5, 5.41) is 0. The van der Waals surface area contributed by atoms with Gasteiger partial charge in [0.1, 0.15) is 0 Å². The Hall–Kier alpha value is -0.0800. The van der Waals surface area contributed by atoms with Crippen molar-refractivity contribution in [2.24, 2.45) is 17.6 Å². The van der Waals surface area contributed by atoms with Crippen LogP contribution in [0.2, 0.25) is 0 Å². The molecule has 2 saturated carbocycles. The largest absolute Gasteiger partial charge is 0.381 e. The third-order valence-electron chi connectivity index (χ3n) is 3.59. The number of fused-ring (bicyclic) bond motifs is 1. The van der Waals surface area contributed by atoms with Gasteiger partial charge in [-0.1, -0.05) is 0 Å². The third kappa shape index (κ3) is 1.38. The summed E-state index contributed by atoms with van der Waals surface area (Å²) in [7, 11) is 1.83. The van der Waals surface area contributed by atoms with Crippen LogP contribution in [0.3, 0.4) is 0 Å². The monoisotopic (exact) mass is 169 g/mol. The first kappa shape index (κ1) is 8.52. The SMILES string of the molecule is CO[C@H]1C[C@@H]2C[C@@](C)(N)C[C@@H]2C1. The maximum absolute atomic E-state index is 6.11. The smallest absolute Gasteiger partial charge is 0.0576 e. The van der Waals surface area contributed by atoms with E-state index in [0.717, 1.165) is 11.8 Å². The van der Waals surface area contributed by atoms with Gasteiger partial charge in [-0.05, 0) is 44.4 Å². The fourth-order valence-corrected chi connectivity index (χ4v) is 3.13. The van der Waals surface area contributed by atoms with Gasteiger partial charge in [0.2, 0.25) is 0 Å². The second-order valence-corrected chi connectivity index (χ2v) is 4.91. The second-order valence-electron chi connectivity index (χ2n) is 4.91. The Labute approximate surface area is 74.5 Å². The highest BCUT2D eigenvalue weighted by molar-refractivity contribution is 5.00. The van der Waals surface area contributed by atoms with E-state index in [9.17, 15) is 0 Å². The van der Waals surface area contributed by atoms with Crippen LogP contribution in [0.5, 0.6) is 0 Å². The minimum atomic E-state index is 0.119. The van der Waals surface area contributed by atoms with E-state index >= 15 is 0 Å². The molecule has 2 N–H and O–H groups in total. The molecule has 12 heavy (non-hydrogen) atoms. The third-order valence-corrected chi connectivity index (χ3v) is 3.59. The average Bonchev–Trinajstić information content (AvgIpc) is 2.40. The molecule has 4 atom stereocenters. The predicted molar refractivity (Wildman–Crippen MR) is 48.8 cm³/mol. The second kappa shape index (κ2) is 2.71. The van der Waals surface area contributed by atoms with Crippen molar-refractivity contribution in [1.82, 2.24) is 0 Å². The van der Waals surface area contributed by atoms with Crippen molar-refractivity contribution in [1.29, 1.82) is 0 Å². The van der Waals surface area contributed by atoms with E-state index < -0.39 is 0 Å². The van der Waals surface area contributed by atoms with Gasteiger partial charge in [-0.15, -0.1) is 0 Å². The lowest BCUT2D eigenvalue weighted by Gasteiger charge is -2.19. The van der Waals surface area contributed by atoms with Crippen LogP contribution in [0.4, 0.5) is 0 Å². The predicted octanol–water partition coefficient (Wildman–Crippen LogP) is 1.54. The van der Waals surface area contributed by atoms with Gasteiger partial charge < -0.3 is 10.5 Å². The first-order chi connectivity index (χ1) is 5.61. The zero-order valence-electron chi connectivity index (χ0n) is 8.05. The molecule has 0 aromatic carbocycles. The van der Waals surface area contributed by atoms with Crippen LogP contribution in [-0.4, -0.2) is 18.8 Å². The van der Waals surface area contributed by atoms with E-state index in [-0.39, 0.29) is 5.54 Å². The Balaban J connectivity index is 1.97. The molecule has 0 aliphatic heterocycles. The molecule has 70 valence electrons. The van der Waals surface area contributed by atoms with Gasteiger partial charge in [0, 0.05) is 12.6 Å². The number of ether oxygens (including phenoxy) is 1. The van der Waals surface area contributed by atoms with Crippen molar-refractivity contribution in [2.45, 2.75) is 44.2 Å². The molecule has 2 nitrogen and oxygen atoms in total. The highest BCUT2D eigenvalue weighted by Crippen LogP contribution is 2.48. The number of hydrogen-bond donors (Lipinski definition) is 1. The van der Waals surface area contributed by atoms with Gasteiger partial charge >= 0.3 is 0 Å². The van der Waals surface area contributed by atoms with Crippen LogP contribution in [0.25, 0.3) is 0 Å². The first-order valence-corrected chi connectivity index (χ1v) is 4.92. The van der Waals surface area contributed by atoms with Crippen molar-refractivity contribution < 1.29 is 4.74 Å². The minimum absolute atomic E-state index is 0.119. The van der Waals surface area contributed by atoms with Crippen LogP contribution < -0.4 is 5.73 Å². The number of hydrogen-bond acceptors (Lipinski definition) is 2. The average molecular weight is 169 g/mol. The summed E-state index contributed by atoms with van der Waals surface area (Å²) in [6.45, 7) is 2.19. The van der Waals surface area contributed by atoms with Gasteiger partial charge in [-0.25, -0.2) is 0 Å². The van der Waals surface area contributed by atoms with Crippen LogP contribution in [0, 0.1) is 11.8 Å². The van der Waals surface area contributed by atoms with Gasteiger partial charge in [0.15, 0.2) is 0 Å². The minimum Gasteiger partial charge on any atom is -0.381 e. The molecule has 2 aliphatic carbocycles. The summed E-state index contributed by atoms with van der Waals surface area (Å²) < 4.78 is 5.37. The lowest BCUT2D eigenvalue weighted by Crippen LogP contribution is -2.33. The van der Waals surface area contributed by atoms with Crippen molar-refractivity contribution in [3.05, 3.63) is 0 Å². The quantitative estimate of drug-likeness (QED) is 0.646. The van der Waals surface area contributed by atoms with E-state index in [1.54, 1.807) is 0 Å². The number of rotatable bonds is 1. The van der Waals surface area contributed by atoms with Gasteiger partial charge in [-0.2, -0.15) is 0 Å². The van der Waals surface area contributed by atoms with E-state index in [0.29, 0.717) is 6.10 Å². The summed E-state index contributed by atoms with van der Waals surface area (Å²) in [6.07, 6.45) is 5.42. The maximum Gasteiger partial charge on any atom is 0.0576 e. The Morgan fingerprint density at radius 2 is 1.75 bits per heavy atom. The zero-order chi connectivity index (χ0) is 8.77. The Morgan fingerprint density at radius 3 is 2.17 bits per heavy atom. The lowest BCUT2D eigenvalue weighted by molar-refractivity contribution is 0.0990. The molecular formula is C10H19NO. The van der Waals surface area contributed by atoms with E-state index in [1.165, 1.54) is 25.7 Å². The summed E-state index contributed by atoms with van der Waals surface area (Å²) in [4.78, 5) is 0. The number of methoxy groups -OCH3 is 1. The van der Waals surface area contributed by atoms with Crippen molar-refractivity contribution in [3.63, 3.8) is 0 Å². The van der Waals surface area contributed by atoms with Gasteiger partial charge in [-0.3, -0.25) is 0 Å². The molecule has 0 saturated heterocycles. The molecule has 0 bridgehead atoms. The van der Waals surface area contributed by atoms with Crippen LogP contribution in [0.1, 0.15) is 32.6 Å². The van der Waals surface area contributed by atoms with E-state index in [4.69, 9.17) is 10.5 Å². The van der Waals surface area contributed by atoms with Crippen molar-refractivity contribution in [3.8, 4) is 0 Å². The van der Waals surface area contributed by atoms with Crippen LogP contribution in [0.15, 0.2) is 0 Å². The molecule has 0 amide bonds. The molecule has 2 aliphatic rings. The Kier molecular flexibility index (Phi) is 1.92. The summed E-state index contributed by atoms with van der Waals surface area (Å²) in [5.41, 5.74) is 6.23. The fourth-order valence-electron chi connectivity index (χ4n) is 3.13. The molecule has 2 rings (SSSR count). The highest BCUT2D eigenvalue weighted by Gasteiger charge is 2.45. The molecule has 0 aromatic rings. The fraction of sp³-hybridized carbons (Fsp3) is 1.00. The summed E-state index contributed by atoms with van der Waals surface area (Å²) >= 11 is 0. The molecular weight excluding hydrogens is 150 g/mol. The normalized spacial score (nSPS) is 52.8. The topological polar surface area (TPSA) is 35.2 Å². The van der Waals surface area contributed by atoms with E-state index in [1.807, 2.05) is 7.11 Å². The maximum atomic E-state index is 6.11. The molecule has 0 aromatic heterocycles. The molecule has 0 radical (unpaired) electrons. The summed E-state index contributed by atoms with van der Waals surface area (Å²) in [5.74, 6) is 1.70. The molecule has 0 spiro atoms. The lowest BCUT2D eigenvalue weighted by atomic mass is 9.97. The summed E-state index contributed by atoms with van der Waals surface area (Å²) in [6, 6.07) is 0. The molecule has 0 heterocycles. The van der Waals surface area contributed by atoms with Gasteiger partial charge in [0.05, 0.1) is 6.10 Å². The van der Waals surface area contributed by atoms with Crippen molar-refractivity contribution in [2.75, 3.05) is 7.11 Å². The highest BCUT2D eigenvalue weighted by atomic mass is 16.5. The van der Waals surface area contributed by atoms with Crippen LogP contribution >= 0.6 is 0 Å². The van der Waals surface area contributed by atoms with Crippen LogP contribution in [-0.2, 0) is 4.74 Å². The van der Waals surface area contributed by atoms with Gasteiger partial charge in [0.25, 0.3) is 0 Å². The van der Waals surface area contributed by atoms with Crippen molar-refractivity contribution >= 4 is 0 Å².